The van der Waals surface area contributed by atoms with Gasteiger partial charge in [0.2, 0.25) is 5.91 Å². The highest BCUT2D eigenvalue weighted by Gasteiger charge is 2.19. The first-order valence-corrected chi connectivity index (χ1v) is 5.69. The Balaban J connectivity index is 3.08. The van der Waals surface area contributed by atoms with Gasteiger partial charge in [-0.3, -0.25) is 4.79 Å². The number of carboxylic acids is 1. The number of rotatable bonds is 4. The second kappa shape index (κ2) is 5.18. The van der Waals surface area contributed by atoms with Crippen molar-refractivity contribution in [3.8, 4) is 0 Å². The Kier molecular flexibility index (Phi) is 4.11. The van der Waals surface area contributed by atoms with E-state index in [0.29, 0.717) is 15.7 Å². The Morgan fingerprint density at radius 3 is 2.47 bits per heavy atom. The monoisotopic (exact) mass is 300 g/mol. The van der Waals surface area contributed by atoms with Crippen LogP contribution in [-0.4, -0.2) is 30.1 Å². The summed E-state index contributed by atoms with van der Waals surface area (Å²) in [4.78, 5) is 23.4. The molecule has 1 aromatic carbocycles. The number of hydrogen-bond acceptors (Lipinski definition) is 3. The zero-order valence-corrected chi connectivity index (χ0v) is 11.1. The molecule has 0 fully saturated rings. The van der Waals surface area contributed by atoms with E-state index in [0.717, 1.165) is 0 Å². The molecule has 0 heterocycles. The highest BCUT2D eigenvalue weighted by atomic mass is 79.9. The standard InChI is InChI=1S/C11H13BrN2O3/c1-6(11(16)17)14(2)9-4-3-7(10(13)15)5-8(9)12/h3-6H,1-2H3,(H2,13,15)(H,16,17). The van der Waals surface area contributed by atoms with Gasteiger partial charge in [-0.05, 0) is 41.1 Å². The van der Waals surface area contributed by atoms with Crippen LogP contribution < -0.4 is 10.6 Å². The maximum absolute atomic E-state index is 11.0. The summed E-state index contributed by atoms with van der Waals surface area (Å²) < 4.78 is 0.629. The van der Waals surface area contributed by atoms with Crippen LogP contribution >= 0.6 is 15.9 Å². The fourth-order valence-electron chi connectivity index (χ4n) is 1.32. The molecule has 0 aromatic heterocycles. The number of halogens is 1. The lowest BCUT2D eigenvalue weighted by atomic mass is 10.1. The zero-order valence-electron chi connectivity index (χ0n) is 9.48. The third-order valence-electron chi connectivity index (χ3n) is 2.55. The number of nitrogens with zero attached hydrogens (tertiary/aromatic N) is 1. The molecule has 1 amide bonds. The molecule has 3 N–H and O–H groups in total. The molecule has 0 saturated carbocycles. The summed E-state index contributed by atoms with van der Waals surface area (Å²) in [5.41, 5.74) is 6.21. The van der Waals surface area contributed by atoms with Gasteiger partial charge in [-0.15, -0.1) is 0 Å². The van der Waals surface area contributed by atoms with E-state index in [1.807, 2.05) is 0 Å². The molecule has 0 radical (unpaired) electrons. The zero-order chi connectivity index (χ0) is 13.2. The van der Waals surface area contributed by atoms with Crippen LogP contribution in [0.25, 0.3) is 0 Å². The lowest BCUT2D eigenvalue weighted by Crippen LogP contribution is -2.36. The molecule has 0 aliphatic rings. The van der Waals surface area contributed by atoms with Gasteiger partial charge in [-0.2, -0.15) is 0 Å². The molecule has 0 aliphatic carbocycles. The summed E-state index contributed by atoms with van der Waals surface area (Å²) >= 11 is 3.29. The Labute approximate surface area is 107 Å². The fraction of sp³-hybridized carbons (Fsp3) is 0.273. The predicted octanol–water partition coefficient (Wildman–Crippen LogP) is 1.46. The summed E-state index contributed by atoms with van der Waals surface area (Å²) in [6, 6.07) is 4.13. The molecule has 1 aromatic rings. The van der Waals surface area contributed by atoms with E-state index in [1.54, 1.807) is 37.1 Å². The number of benzene rings is 1. The van der Waals surface area contributed by atoms with Crippen molar-refractivity contribution in [2.75, 3.05) is 11.9 Å². The molecule has 0 saturated heterocycles. The Hall–Kier alpha value is -1.56. The van der Waals surface area contributed by atoms with Crippen molar-refractivity contribution < 1.29 is 14.7 Å². The summed E-state index contributed by atoms with van der Waals surface area (Å²) in [6.45, 7) is 1.58. The van der Waals surface area contributed by atoms with E-state index in [9.17, 15) is 9.59 Å². The minimum atomic E-state index is -0.918. The number of nitrogens with two attached hydrogens (primary N) is 1. The normalized spacial score (nSPS) is 11.9. The van der Waals surface area contributed by atoms with Crippen LogP contribution in [0.3, 0.4) is 0 Å². The largest absolute Gasteiger partial charge is 0.480 e. The van der Waals surface area contributed by atoms with Crippen molar-refractivity contribution in [2.24, 2.45) is 5.73 Å². The van der Waals surface area contributed by atoms with Gasteiger partial charge in [0, 0.05) is 17.1 Å². The third-order valence-corrected chi connectivity index (χ3v) is 3.19. The second-order valence-corrected chi connectivity index (χ2v) is 4.51. The molecule has 1 unspecified atom stereocenters. The number of primary amides is 1. The van der Waals surface area contributed by atoms with Crippen molar-refractivity contribution in [2.45, 2.75) is 13.0 Å². The number of hydrogen-bond donors (Lipinski definition) is 2. The van der Waals surface area contributed by atoms with Crippen LogP contribution in [0.2, 0.25) is 0 Å². The quantitative estimate of drug-likeness (QED) is 0.882. The van der Waals surface area contributed by atoms with E-state index in [4.69, 9.17) is 10.8 Å². The lowest BCUT2D eigenvalue weighted by molar-refractivity contribution is -0.138. The van der Waals surface area contributed by atoms with Crippen LogP contribution in [-0.2, 0) is 4.79 Å². The molecule has 5 nitrogen and oxygen atoms in total. The van der Waals surface area contributed by atoms with Gasteiger partial charge in [0.15, 0.2) is 0 Å². The van der Waals surface area contributed by atoms with Gasteiger partial charge in [-0.1, -0.05) is 0 Å². The average molecular weight is 301 g/mol. The first kappa shape index (κ1) is 13.5. The SMILES string of the molecule is CC(C(=O)O)N(C)c1ccc(C(N)=O)cc1Br. The van der Waals surface area contributed by atoms with E-state index < -0.39 is 17.9 Å². The van der Waals surface area contributed by atoms with Crippen LogP contribution in [0.1, 0.15) is 17.3 Å². The molecule has 0 bridgehead atoms. The third kappa shape index (κ3) is 2.97. The van der Waals surface area contributed by atoms with Crippen LogP contribution in [0.15, 0.2) is 22.7 Å². The van der Waals surface area contributed by atoms with Gasteiger partial charge in [0.1, 0.15) is 6.04 Å². The maximum atomic E-state index is 11.0. The first-order chi connectivity index (χ1) is 7.84. The van der Waals surface area contributed by atoms with Crippen molar-refractivity contribution in [1.29, 1.82) is 0 Å². The van der Waals surface area contributed by atoms with Crippen molar-refractivity contribution in [3.63, 3.8) is 0 Å². The molecule has 1 atom stereocenters. The Morgan fingerprint density at radius 2 is 2.06 bits per heavy atom. The molecular formula is C11H13BrN2O3. The van der Waals surface area contributed by atoms with Crippen LogP contribution in [0.5, 0.6) is 0 Å². The molecule has 17 heavy (non-hydrogen) atoms. The number of likely N-dealkylation sites (N-methyl/N-ethyl adjacent to an activating group) is 1. The minimum absolute atomic E-state index is 0.372. The molecule has 0 aliphatic heterocycles. The van der Waals surface area contributed by atoms with Gasteiger partial charge < -0.3 is 15.7 Å². The van der Waals surface area contributed by atoms with Crippen molar-refractivity contribution in [1.82, 2.24) is 0 Å². The maximum Gasteiger partial charge on any atom is 0.326 e. The van der Waals surface area contributed by atoms with Crippen molar-refractivity contribution in [3.05, 3.63) is 28.2 Å². The molecular weight excluding hydrogens is 288 g/mol. The summed E-state index contributed by atoms with van der Waals surface area (Å²) in [6.07, 6.45) is 0. The van der Waals surface area contributed by atoms with E-state index in [1.165, 1.54) is 0 Å². The van der Waals surface area contributed by atoms with E-state index >= 15 is 0 Å². The number of anilines is 1. The van der Waals surface area contributed by atoms with Gasteiger partial charge in [0.25, 0.3) is 0 Å². The Bertz CT molecular complexity index is 462. The van der Waals surface area contributed by atoms with Gasteiger partial charge in [-0.25, -0.2) is 4.79 Å². The smallest absolute Gasteiger partial charge is 0.326 e. The summed E-state index contributed by atoms with van der Waals surface area (Å²) in [5.74, 6) is -1.44. The predicted molar refractivity (Wildman–Crippen MR) is 68.2 cm³/mol. The van der Waals surface area contributed by atoms with Crippen molar-refractivity contribution >= 4 is 33.5 Å². The number of carbonyl (C=O) groups excluding carboxylic acids is 1. The van der Waals surface area contributed by atoms with E-state index in [-0.39, 0.29) is 0 Å². The number of carboxylic acid groups (broad SMARTS) is 1. The summed E-state index contributed by atoms with van der Waals surface area (Å²) in [5, 5.41) is 8.92. The van der Waals surface area contributed by atoms with Crippen LogP contribution in [0, 0.1) is 0 Å². The van der Waals surface area contributed by atoms with Gasteiger partial charge >= 0.3 is 5.97 Å². The number of amides is 1. The van der Waals surface area contributed by atoms with E-state index in [2.05, 4.69) is 15.9 Å². The van der Waals surface area contributed by atoms with Gasteiger partial charge in [0.05, 0.1) is 5.69 Å². The number of aliphatic carboxylic acids is 1. The molecule has 92 valence electrons. The fourth-order valence-corrected chi connectivity index (χ4v) is 1.98. The highest BCUT2D eigenvalue weighted by molar-refractivity contribution is 9.10. The second-order valence-electron chi connectivity index (χ2n) is 3.66. The lowest BCUT2D eigenvalue weighted by Gasteiger charge is -2.25. The molecule has 6 heteroatoms. The molecule has 0 spiro atoms. The Morgan fingerprint density at radius 1 is 1.47 bits per heavy atom. The topological polar surface area (TPSA) is 83.6 Å². The number of carbonyl (C=O) groups is 2. The summed E-state index contributed by atoms with van der Waals surface area (Å²) in [7, 11) is 1.67. The average Bonchev–Trinajstić information content (AvgIpc) is 2.26. The minimum Gasteiger partial charge on any atom is -0.480 e. The first-order valence-electron chi connectivity index (χ1n) is 4.89. The van der Waals surface area contributed by atoms with Crippen LogP contribution in [0.4, 0.5) is 5.69 Å². The molecule has 1 rings (SSSR count). The highest BCUT2D eigenvalue weighted by Crippen LogP contribution is 2.27.